The molecule has 4 aromatic rings. The van der Waals surface area contributed by atoms with Crippen LogP contribution >= 0.6 is 11.3 Å². The summed E-state index contributed by atoms with van der Waals surface area (Å²) in [5, 5.41) is 15.5. The largest absolute Gasteiger partial charge is 0.351 e. The van der Waals surface area contributed by atoms with Crippen molar-refractivity contribution in [3.63, 3.8) is 0 Å². The Morgan fingerprint density at radius 1 is 1.11 bits per heavy atom. The van der Waals surface area contributed by atoms with Gasteiger partial charge in [0.1, 0.15) is 18.1 Å². The molecule has 1 N–H and O–H groups in total. The van der Waals surface area contributed by atoms with E-state index in [1.165, 1.54) is 11.3 Å². The zero-order chi connectivity index (χ0) is 24.4. The van der Waals surface area contributed by atoms with E-state index in [9.17, 15) is 9.59 Å². The van der Waals surface area contributed by atoms with Gasteiger partial charge in [-0.1, -0.05) is 36.3 Å². The third-order valence-corrected chi connectivity index (χ3v) is 7.51. The highest BCUT2D eigenvalue weighted by Gasteiger charge is 2.35. The van der Waals surface area contributed by atoms with Crippen LogP contribution in [0.1, 0.15) is 48.4 Å². The summed E-state index contributed by atoms with van der Waals surface area (Å²) in [5.41, 5.74) is 5.20. The molecule has 7 nitrogen and oxygen atoms in total. The maximum Gasteiger partial charge on any atom is 0.249 e. The molecule has 2 aromatic heterocycles. The number of carbonyl (C=O) groups is 2. The minimum absolute atomic E-state index is 0.0230. The molecule has 0 radical (unpaired) electrons. The summed E-state index contributed by atoms with van der Waals surface area (Å²) in [6.07, 6.45) is 4.19. The number of nitrogens with zero attached hydrogens (tertiary/aromatic N) is 4. The van der Waals surface area contributed by atoms with Crippen molar-refractivity contribution >= 4 is 39.9 Å². The third kappa shape index (κ3) is 4.84. The van der Waals surface area contributed by atoms with Crippen molar-refractivity contribution in [1.29, 1.82) is 0 Å². The number of fused-ring (bicyclic) bond motifs is 1. The summed E-state index contributed by atoms with van der Waals surface area (Å²) in [6.45, 7) is 4.03. The van der Waals surface area contributed by atoms with Gasteiger partial charge in [0.25, 0.3) is 0 Å². The standard InChI is InChI=1S/C27H29N5O2S/c1-18-11-12-22(15-19(18)2)32(25(33)16-31-24-10-6-5-9-23(24)29-30-31)26(20-13-14-35-17-20)27(34)28-21-7-3-4-8-21/h5-6,9-15,17,21,26H,3-4,7-8,16H2,1-2H3,(H,28,34). The van der Waals surface area contributed by atoms with E-state index in [0.717, 1.165) is 53.4 Å². The number of para-hydroxylation sites is 1. The molecular formula is C27H29N5O2S. The predicted molar refractivity (Wildman–Crippen MR) is 138 cm³/mol. The first-order valence-electron chi connectivity index (χ1n) is 12.0. The summed E-state index contributed by atoms with van der Waals surface area (Å²) in [5.74, 6) is -0.369. The Morgan fingerprint density at radius 2 is 1.91 bits per heavy atom. The quantitative estimate of drug-likeness (QED) is 0.400. The number of hydrogen-bond acceptors (Lipinski definition) is 5. The van der Waals surface area contributed by atoms with Crippen molar-refractivity contribution in [1.82, 2.24) is 20.3 Å². The Balaban J connectivity index is 1.55. The van der Waals surface area contributed by atoms with Gasteiger partial charge in [-0.25, -0.2) is 4.68 Å². The fourth-order valence-electron chi connectivity index (χ4n) is 4.75. The van der Waals surface area contributed by atoms with Crippen LogP contribution in [-0.2, 0) is 16.1 Å². The minimum Gasteiger partial charge on any atom is -0.351 e. The highest BCUT2D eigenvalue weighted by Crippen LogP contribution is 2.32. The average Bonchev–Trinajstić information content (AvgIpc) is 3.62. The van der Waals surface area contributed by atoms with Gasteiger partial charge in [-0.2, -0.15) is 11.3 Å². The van der Waals surface area contributed by atoms with Crippen LogP contribution in [0.3, 0.4) is 0 Å². The number of aryl methyl sites for hydroxylation is 2. The molecule has 1 fully saturated rings. The van der Waals surface area contributed by atoms with E-state index in [1.807, 2.05) is 73.1 Å². The molecule has 1 aliphatic rings. The minimum atomic E-state index is -0.772. The number of aromatic nitrogens is 3. The molecule has 35 heavy (non-hydrogen) atoms. The van der Waals surface area contributed by atoms with E-state index in [1.54, 1.807) is 9.58 Å². The monoisotopic (exact) mass is 487 g/mol. The van der Waals surface area contributed by atoms with Gasteiger partial charge in [-0.3, -0.25) is 14.5 Å². The number of hydrogen-bond donors (Lipinski definition) is 1. The molecule has 8 heteroatoms. The molecule has 2 heterocycles. The van der Waals surface area contributed by atoms with E-state index in [0.29, 0.717) is 5.69 Å². The van der Waals surface area contributed by atoms with E-state index >= 15 is 0 Å². The summed E-state index contributed by atoms with van der Waals surface area (Å²) < 4.78 is 1.60. The van der Waals surface area contributed by atoms with Gasteiger partial charge in [0.15, 0.2) is 0 Å². The van der Waals surface area contributed by atoms with Crippen LogP contribution in [0.4, 0.5) is 5.69 Å². The molecular weight excluding hydrogens is 458 g/mol. The lowest BCUT2D eigenvalue weighted by Gasteiger charge is -2.32. The molecule has 1 aliphatic carbocycles. The van der Waals surface area contributed by atoms with Crippen molar-refractivity contribution in [2.24, 2.45) is 0 Å². The number of thiophene rings is 1. The predicted octanol–water partition coefficient (Wildman–Crippen LogP) is 4.94. The van der Waals surface area contributed by atoms with Crippen LogP contribution in [0.2, 0.25) is 0 Å². The zero-order valence-corrected chi connectivity index (χ0v) is 20.8. The molecule has 180 valence electrons. The van der Waals surface area contributed by atoms with E-state index in [4.69, 9.17) is 0 Å². The lowest BCUT2D eigenvalue weighted by molar-refractivity contribution is -0.127. The first-order valence-corrected chi connectivity index (χ1v) is 13.0. The molecule has 0 saturated heterocycles. The van der Waals surface area contributed by atoms with Crippen LogP contribution < -0.4 is 10.2 Å². The highest BCUT2D eigenvalue weighted by atomic mass is 32.1. The van der Waals surface area contributed by atoms with Gasteiger partial charge in [0.05, 0.1) is 5.52 Å². The number of amides is 2. The van der Waals surface area contributed by atoms with Crippen molar-refractivity contribution in [2.45, 2.75) is 58.2 Å². The Hall–Kier alpha value is -3.52. The van der Waals surface area contributed by atoms with Gasteiger partial charge in [0.2, 0.25) is 11.8 Å². The number of nitrogens with one attached hydrogen (secondary N) is 1. The van der Waals surface area contributed by atoms with Gasteiger partial charge in [-0.05, 0) is 84.5 Å². The van der Waals surface area contributed by atoms with Crippen molar-refractivity contribution < 1.29 is 9.59 Å². The molecule has 2 amide bonds. The van der Waals surface area contributed by atoms with E-state index in [2.05, 4.69) is 15.6 Å². The molecule has 1 unspecified atom stereocenters. The summed E-state index contributed by atoms with van der Waals surface area (Å²) >= 11 is 1.52. The second kappa shape index (κ2) is 10.00. The number of anilines is 1. The summed E-state index contributed by atoms with van der Waals surface area (Å²) in [7, 11) is 0. The number of rotatable bonds is 7. The molecule has 0 bridgehead atoms. The van der Waals surface area contributed by atoms with Crippen molar-refractivity contribution in [3.05, 3.63) is 76.0 Å². The van der Waals surface area contributed by atoms with Crippen LogP contribution in [0, 0.1) is 13.8 Å². The molecule has 1 atom stereocenters. The van der Waals surface area contributed by atoms with Crippen LogP contribution in [0.15, 0.2) is 59.3 Å². The van der Waals surface area contributed by atoms with Gasteiger partial charge in [0, 0.05) is 11.7 Å². The normalized spacial score (nSPS) is 14.8. The average molecular weight is 488 g/mol. The van der Waals surface area contributed by atoms with Gasteiger partial charge in [-0.15, -0.1) is 5.10 Å². The van der Waals surface area contributed by atoms with Crippen molar-refractivity contribution in [2.75, 3.05) is 4.90 Å². The molecule has 1 saturated carbocycles. The van der Waals surface area contributed by atoms with Gasteiger partial charge >= 0.3 is 0 Å². The lowest BCUT2D eigenvalue weighted by Crippen LogP contribution is -2.47. The molecule has 5 rings (SSSR count). The zero-order valence-electron chi connectivity index (χ0n) is 20.0. The Bertz CT molecular complexity index is 1340. The molecule has 0 spiro atoms. The smallest absolute Gasteiger partial charge is 0.249 e. The fraction of sp³-hybridized carbons (Fsp3) is 0.333. The highest BCUT2D eigenvalue weighted by molar-refractivity contribution is 7.08. The van der Waals surface area contributed by atoms with Crippen LogP contribution in [-0.4, -0.2) is 32.9 Å². The fourth-order valence-corrected chi connectivity index (χ4v) is 5.43. The topological polar surface area (TPSA) is 80.1 Å². The summed E-state index contributed by atoms with van der Waals surface area (Å²) in [6, 6.07) is 14.8. The lowest BCUT2D eigenvalue weighted by atomic mass is 10.0. The molecule has 2 aromatic carbocycles. The second-order valence-corrected chi connectivity index (χ2v) is 10.00. The third-order valence-electron chi connectivity index (χ3n) is 6.81. The maximum atomic E-state index is 14.0. The van der Waals surface area contributed by atoms with E-state index in [-0.39, 0.29) is 24.4 Å². The van der Waals surface area contributed by atoms with Gasteiger partial charge < -0.3 is 5.32 Å². The second-order valence-electron chi connectivity index (χ2n) is 9.22. The molecule has 0 aliphatic heterocycles. The van der Waals surface area contributed by atoms with Crippen LogP contribution in [0.5, 0.6) is 0 Å². The SMILES string of the molecule is Cc1ccc(N(C(=O)Cn2nnc3ccccc32)C(C(=O)NC2CCCC2)c2ccsc2)cc1C. The number of carbonyl (C=O) groups excluding carboxylic acids is 2. The Kier molecular flexibility index (Phi) is 6.63. The Labute approximate surface area is 208 Å². The van der Waals surface area contributed by atoms with Crippen molar-refractivity contribution in [3.8, 4) is 0 Å². The Morgan fingerprint density at radius 3 is 2.66 bits per heavy atom. The van der Waals surface area contributed by atoms with Crippen LogP contribution in [0.25, 0.3) is 11.0 Å². The number of benzene rings is 2. The maximum absolute atomic E-state index is 14.0. The van der Waals surface area contributed by atoms with E-state index < -0.39 is 6.04 Å². The summed E-state index contributed by atoms with van der Waals surface area (Å²) in [4.78, 5) is 29.4. The first-order chi connectivity index (χ1) is 17.0. The first kappa shape index (κ1) is 23.2.